The number of hydrogen-bond donors (Lipinski definition) is 0. The first-order valence-corrected chi connectivity index (χ1v) is 4.98. The minimum absolute atomic E-state index is 0.350. The Kier molecular flexibility index (Phi) is 4.32. The Morgan fingerprint density at radius 3 is 3.00 bits per heavy atom. The van der Waals surface area contributed by atoms with Gasteiger partial charge >= 0.3 is 5.97 Å². The highest BCUT2D eigenvalue weighted by atomic mass is 79.9. The van der Waals surface area contributed by atoms with Crippen molar-refractivity contribution in [1.29, 1.82) is 0 Å². The fraction of sp³-hybridized carbons (Fsp3) is 0.200. The average Bonchev–Trinajstić information content (AvgIpc) is 2.17. The fourth-order valence-corrected chi connectivity index (χ4v) is 1.06. The molecule has 0 aliphatic heterocycles. The highest BCUT2D eigenvalue weighted by Crippen LogP contribution is 2.08. The molecule has 0 N–H and O–H groups in total. The summed E-state index contributed by atoms with van der Waals surface area (Å²) in [5, 5.41) is 0. The zero-order valence-electron chi connectivity index (χ0n) is 7.74. The van der Waals surface area contributed by atoms with Gasteiger partial charge in [0.25, 0.3) is 0 Å². The van der Waals surface area contributed by atoms with Gasteiger partial charge in [-0.3, -0.25) is 4.98 Å². The summed E-state index contributed by atoms with van der Waals surface area (Å²) in [5.41, 5.74) is 0.723. The monoisotopic (exact) mass is 255 g/mol. The van der Waals surface area contributed by atoms with Crippen LogP contribution in [0.4, 0.5) is 0 Å². The quantitative estimate of drug-likeness (QED) is 0.615. The number of carbonyl (C=O) groups is 1. The lowest BCUT2D eigenvalue weighted by Gasteiger charge is -1.95. The number of pyridine rings is 1. The van der Waals surface area contributed by atoms with Gasteiger partial charge in [0.15, 0.2) is 0 Å². The molecular formula is C10H10BrNO2. The number of halogens is 1. The van der Waals surface area contributed by atoms with Crippen LogP contribution in [0, 0.1) is 0 Å². The number of hydrogen-bond acceptors (Lipinski definition) is 3. The largest absolute Gasteiger partial charge is 0.463 e. The van der Waals surface area contributed by atoms with Crippen molar-refractivity contribution in [2.24, 2.45) is 0 Å². The van der Waals surface area contributed by atoms with Crippen LogP contribution < -0.4 is 0 Å². The topological polar surface area (TPSA) is 39.2 Å². The van der Waals surface area contributed by atoms with Gasteiger partial charge in [0.05, 0.1) is 12.3 Å². The van der Waals surface area contributed by atoms with Crippen LogP contribution in [0.3, 0.4) is 0 Å². The van der Waals surface area contributed by atoms with Gasteiger partial charge < -0.3 is 4.74 Å². The molecule has 0 aromatic carbocycles. The van der Waals surface area contributed by atoms with E-state index in [9.17, 15) is 4.79 Å². The third-order valence-corrected chi connectivity index (χ3v) is 1.90. The smallest absolute Gasteiger partial charge is 0.330 e. The molecule has 0 aliphatic rings. The molecule has 0 saturated carbocycles. The summed E-state index contributed by atoms with van der Waals surface area (Å²) in [6, 6.07) is 3.66. The number of carbonyl (C=O) groups excluding carboxylic acids is 1. The molecule has 0 amide bonds. The Morgan fingerprint density at radius 2 is 2.43 bits per heavy atom. The molecule has 0 saturated heterocycles. The standard InChI is InChI=1S/C10H10BrNO2/c1-2-14-10(13)6-5-9-4-3-8(11)7-12-9/h3-7H,2H2,1H3/b6-5-. The zero-order valence-corrected chi connectivity index (χ0v) is 9.32. The Bertz CT molecular complexity index is 332. The van der Waals surface area contributed by atoms with Crippen LogP contribution in [-0.2, 0) is 9.53 Å². The van der Waals surface area contributed by atoms with E-state index in [1.807, 2.05) is 6.07 Å². The van der Waals surface area contributed by atoms with Crippen molar-refractivity contribution in [3.63, 3.8) is 0 Å². The van der Waals surface area contributed by atoms with E-state index in [0.717, 1.165) is 10.2 Å². The summed E-state index contributed by atoms with van der Waals surface area (Å²) in [7, 11) is 0. The van der Waals surface area contributed by atoms with Crippen molar-refractivity contribution in [2.45, 2.75) is 6.92 Å². The second-order valence-corrected chi connectivity index (χ2v) is 3.40. The first kappa shape index (κ1) is 10.9. The molecule has 1 rings (SSSR count). The first-order valence-electron chi connectivity index (χ1n) is 4.18. The summed E-state index contributed by atoms with van der Waals surface area (Å²) < 4.78 is 5.63. The van der Waals surface area contributed by atoms with E-state index in [1.165, 1.54) is 6.08 Å². The van der Waals surface area contributed by atoms with Crippen molar-refractivity contribution in [3.8, 4) is 0 Å². The number of esters is 1. The van der Waals surface area contributed by atoms with Gasteiger partial charge in [0.1, 0.15) is 0 Å². The number of rotatable bonds is 3. The van der Waals surface area contributed by atoms with Crippen molar-refractivity contribution in [3.05, 3.63) is 34.6 Å². The van der Waals surface area contributed by atoms with E-state index in [-0.39, 0.29) is 5.97 Å². The Morgan fingerprint density at radius 1 is 1.64 bits per heavy atom. The highest BCUT2D eigenvalue weighted by Gasteiger charge is 1.94. The van der Waals surface area contributed by atoms with E-state index in [4.69, 9.17) is 4.74 Å². The van der Waals surface area contributed by atoms with Gasteiger partial charge in [-0.15, -0.1) is 0 Å². The van der Waals surface area contributed by atoms with Gasteiger partial charge in [-0.1, -0.05) is 0 Å². The molecule has 0 atom stereocenters. The Hall–Kier alpha value is -1.16. The summed E-state index contributed by atoms with van der Waals surface area (Å²) in [6.45, 7) is 2.15. The van der Waals surface area contributed by atoms with E-state index >= 15 is 0 Å². The SMILES string of the molecule is CCOC(=O)/C=C\c1ccc(Br)cn1. The first-order chi connectivity index (χ1) is 6.72. The molecule has 3 nitrogen and oxygen atoms in total. The molecule has 0 aliphatic carbocycles. The van der Waals surface area contributed by atoms with Crippen molar-refractivity contribution >= 4 is 28.0 Å². The summed E-state index contributed by atoms with van der Waals surface area (Å²) >= 11 is 3.27. The molecule has 14 heavy (non-hydrogen) atoms. The van der Waals surface area contributed by atoms with Gasteiger partial charge in [-0.2, -0.15) is 0 Å². The van der Waals surface area contributed by atoms with E-state index in [2.05, 4.69) is 20.9 Å². The molecule has 0 spiro atoms. The second kappa shape index (κ2) is 5.54. The molecular weight excluding hydrogens is 246 g/mol. The summed E-state index contributed by atoms with van der Waals surface area (Å²) in [6.07, 6.45) is 4.65. The minimum atomic E-state index is -0.350. The van der Waals surface area contributed by atoms with Crippen LogP contribution in [0.1, 0.15) is 12.6 Å². The minimum Gasteiger partial charge on any atom is -0.463 e. The van der Waals surface area contributed by atoms with Gasteiger partial charge in [0.2, 0.25) is 0 Å². The molecule has 1 aromatic rings. The number of aromatic nitrogens is 1. The lowest BCUT2D eigenvalue weighted by atomic mass is 10.3. The predicted octanol–water partition coefficient (Wildman–Crippen LogP) is 2.42. The van der Waals surface area contributed by atoms with Gasteiger partial charge in [-0.25, -0.2) is 4.79 Å². The number of ether oxygens (including phenoxy) is 1. The lowest BCUT2D eigenvalue weighted by molar-refractivity contribution is -0.137. The molecule has 0 unspecified atom stereocenters. The van der Waals surface area contributed by atoms with Gasteiger partial charge in [0, 0.05) is 16.7 Å². The van der Waals surface area contributed by atoms with Crippen LogP contribution in [0.25, 0.3) is 6.08 Å². The fourth-order valence-electron chi connectivity index (χ4n) is 0.830. The maximum Gasteiger partial charge on any atom is 0.330 e. The van der Waals surface area contributed by atoms with Crippen molar-refractivity contribution in [2.75, 3.05) is 6.61 Å². The molecule has 0 radical (unpaired) electrons. The molecule has 0 fully saturated rings. The van der Waals surface area contributed by atoms with Gasteiger partial charge in [-0.05, 0) is 41.1 Å². The van der Waals surface area contributed by atoms with Crippen LogP contribution in [0.2, 0.25) is 0 Å². The Labute approximate surface area is 90.9 Å². The van der Waals surface area contributed by atoms with E-state index < -0.39 is 0 Å². The molecule has 4 heteroatoms. The second-order valence-electron chi connectivity index (χ2n) is 2.49. The molecule has 0 bridgehead atoms. The van der Waals surface area contributed by atoms with Crippen LogP contribution in [-0.4, -0.2) is 17.6 Å². The van der Waals surface area contributed by atoms with Crippen LogP contribution in [0.5, 0.6) is 0 Å². The molecule has 1 aromatic heterocycles. The Balaban J connectivity index is 2.60. The van der Waals surface area contributed by atoms with E-state index in [0.29, 0.717) is 6.61 Å². The molecule has 1 heterocycles. The maximum atomic E-state index is 10.9. The highest BCUT2D eigenvalue weighted by molar-refractivity contribution is 9.10. The van der Waals surface area contributed by atoms with Crippen LogP contribution >= 0.6 is 15.9 Å². The lowest BCUT2D eigenvalue weighted by Crippen LogP contribution is -1.98. The maximum absolute atomic E-state index is 10.9. The summed E-state index contributed by atoms with van der Waals surface area (Å²) in [5.74, 6) is -0.350. The van der Waals surface area contributed by atoms with Crippen molar-refractivity contribution in [1.82, 2.24) is 4.98 Å². The van der Waals surface area contributed by atoms with Crippen molar-refractivity contribution < 1.29 is 9.53 Å². The van der Waals surface area contributed by atoms with Crippen LogP contribution in [0.15, 0.2) is 28.9 Å². The average molecular weight is 256 g/mol. The normalized spacial score (nSPS) is 10.4. The molecule has 74 valence electrons. The number of nitrogens with zero attached hydrogens (tertiary/aromatic N) is 1. The predicted molar refractivity (Wildman–Crippen MR) is 57.6 cm³/mol. The zero-order chi connectivity index (χ0) is 10.4. The third kappa shape index (κ3) is 3.70. The summed E-state index contributed by atoms with van der Waals surface area (Å²) in [4.78, 5) is 15.0. The van der Waals surface area contributed by atoms with E-state index in [1.54, 1.807) is 25.3 Å². The third-order valence-electron chi connectivity index (χ3n) is 1.43.